The summed E-state index contributed by atoms with van der Waals surface area (Å²) < 4.78 is 5.69. The zero-order chi connectivity index (χ0) is 9.97. The summed E-state index contributed by atoms with van der Waals surface area (Å²) in [5.41, 5.74) is 6.51. The third kappa shape index (κ3) is 1.84. The largest absolute Gasteiger partial charge is 0.491 e. The van der Waals surface area contributed by atoms with Crippen LogP contribution in [0.4, 0.5) is 5.69 Å². The van der Waals surface area contributed by atoms with Crippen molar-refractivity contribution in [1.82, 2.24) is 0 Å². The maximum Gasteiger partial charge on any atom is 0.142 e. The first-order valence-electron chi connectivity index (χ1n) is 5.24. The first-order chi connectivity index (χ1) is 6.77. The second kappa shape index (κ2) is 3.91. The smallest absolute Gasteiger partial charge is 0.142 e. The Labute approximate surface area is 85.1 Å². The molecular formula is C12H17NO. The summed E-state index contributed by atoms with van der Waals surface area (Å²) >= 11 is 0. The van der Waals surface area contributed by atoms with E-state index in [9.17, 15) is 0 Å². The molecular weight excluding hydrogens is 174 g/mol. The molecule has 0 bridgehead atoms. The highest BCUT2D eigenvalue weighted by Gasteiger charge is 2.27. The lowest BCUT2D eigenvalue weighted by atomic mass is 9.75. The van der Waals surface area contributed by atoms with Gasteiger partial charge in [-0.05, 0) is 36.8 Å². The zero-order valence-electron chi connectivity index (χ0n) is 8.57. The number of benzene rings is 1. The molecule has 0 saturated heterocycles. The van der Waals surface area contributed by atoms with E-state index in [1.807, 2.05) is 24.3 Å². The number of nitrogens with two attached hydrogens (primary N) is 1. The summed E-state index contributed by atoms with van der Waals surface area (Å²) in [6.07, 6.45) is 2.65. The molecule has 0 aliphatic heterocycles. The molecule has 0 unspecified atom stereocenters. The van der Waals surface area contributed by atoms with Crippen LogP contribution in [0.1, 0.15) is 19.8 Å². The monoisotopic (exact) mass is 191 g/mol. The minimum atomic E-state index is 0.731. The van der Waals surface area contributed by atoms with Crippen molar-refractivity contribution in [3.8, 4) is 5.75 Å². The lowest BCUT2D eigenvalue weighted by Crippen LogP contribution is -2.28. The van der Waals surface area contributed by atoms with Crippen LogP contribution in [0.3, 0.4) is 0 Å². The lowest BCUT2D eigenvalue weighted by Gasteiger charge is -2.33. The fourth-order valence-electron chi connectivity index (χ4n) is 1.79. The summed E-state index contributed by atoms with van der Waals surface area (Å²) in [7, 11) is 0. The Kier molecular flexibility index (Phi) is 2.62. The van der Waals surface area contributed by atoms with Gasteiger partial charge in [-0.2, -0.15) is 0 Å². The summed E-state index contributed by atoms with van der Waals surface area (Å²) in [5.74, 6) is 2.38. The average Bonchev–Trinajstić information content (AvgIpc) is 2.19. The van der Waals surface area contributed by atoms with Gasteiger partial charge >= 0.3 is 0 Å². The Hall–Kier alpha value is -1.18. The van der Waals surface area contributed by atoms with Crippen molar-refractivity contribution in [1.29, 1.82) is 0 Å². The molecule has 2 rings (SSSR count). The summed E-state index contributed by atoms with van der Waals surface area (Å²) in [6, 6.07) is 7.68. The lowest BCUT2D eigenvalue weighted by molar-refractivity contribution is 0.117. The second-order valence-corrected chi connectivity index (χ2v) is 4.16. The average molecular weight is 191 g/mol. The van der Waals surface area contributed by atoms with Gasteiger partial charge in [-0.25, -0.2) is 0 Å². The van der Waals surface area contributed by atoms with Crippen molar-refractivity contribution in [2.24, 2.45) is 11.8 Å². The molecule has 0 heterocycles. The van der Waals surface area contributed by atoms with E-state index in [0.29, 0.717) is 0 Å². The molecule has 1 aliphatic rings. The van der Waals surface area contributed by atoms with Gasteiger partial charge in [-0.3, -0.25) is 0 Å². The number of rotatable bonds is 3. The van der Waals surface area contributed by atoms with Gasteiger partial charge < -0.3 is 10.5 Å². The first kappa shape index (κ1) is 9.38. The van der Waals surface area contributed by atoms with E-state index >= 15 is 0 Å². The van der Waals surface area contributed by atoms with Gasteiger partial charge in [-0.15, -0.1) is 0 Å². The predicted molar refractivity (Wildman–Crippen MR) is 58.2 cm³/mol. The maximum atomic E-state index is 5.78. The van der Waals surface area contributed by atoms with Crippen LogP contribution in [0.5, 0.6) is 5.75 Å². The van der Waals surface area contributed by atoms with Gasteiger partial charge in [0, 0.05) is 0 Å². The number of hydrogen-bond donors (Lipinski definition) is 1. The first-order valence-corrected chi connectivity index (χ1v) is 5.24. The Morgan fingerprint density at radius 1 is 1.36 bits per heavy atom. The Bertz CT molecular complexity index is 311. The molecule has 0 radical (unpaired) electrons. The van der Waals surface area contributed by atoms with Gasteiger partial charge in [0.15, 0.2) is 0 Å². The maximum absolute atomic E-state index is 5.78. The van der Waals surface area contributed by atoms with Crippen LogP contribution in [0.25, 0.3) is 0 Å². The third-order valence-corrected chi connectivity index (χ3v) is 3.17. The quantitative estimate of drug-likeness (QED) is 0.745. The third-order valence-electron chi connectivity index (χ3n) is 3.17. The van der Waals surface area contributed by atoms with E-state index in [1.165, 1.54) is 12.8 Å². The van der Waals surface area contributed by atoms with Crippen molar-refractivity contribution in [3.63, 3.8) is 0 Å². The summed E-state index contributed by atoms with van der Waals surface area (Å²) in [5, 5.41) is 0. The second-order valence-electron chi connectivity index (χ2n) is 4.16. The molecule has 2 N–H and O–H groups in total. The van der Waals surface area contributed by atoms with Gasteiger partial charge in [0.2, 0.25) is 0 Å². The molecule has 1 aromatic rings. The van der Waals surface area contributed by atoms with Crippen LogP contribution in [0, 0.1) is 11.8 Å². The molecule has 2 nitrogen and oxygen atoms in total. The van der Waals surface area contributed by atoms with E-state index in [4.69, 9.17) is 10.5 Å². The highest BCUT2D eigenvalue weighted by atomic mass is 16.5. The van der Waals surface area contributed by atoms with Crippen LogP contribution in [0.15, 0.2) is 24.3 Å². The Balaban J connectivity index is 1.88. The summed E-state index contributed by atoms with van der Waals surface area (Å²) in [4.78, 5) is 0. The van der Waals surface area contributed by atoms with E-state index < -0.39 is 0 Å². The number of para-hydroxylation sites is 2. The van der Waals surface area contributed by atoms with Crippen molar-refractivity contribution in [2.45, 2.75) is 19.8 Å². The van der Waals surface area contributed by atoms with Crippen LogP contribution >= 0.6 is 0 Å². The van der Waals surface area contributed by atoms with Gasteiger partial charge in [0.25, 0.3) is 0 Å². The fourth-order valence-corrected chi connectivity index (χ4v) is 1.79. The number of hydrogen-bond acceptors (Lipinski definition) is 2. The minimum absolute atomic E-state index is 0.731. The van der Waals surface area contributed by atoms with Gasteiger partial charge in [0.1, 0.15) is 5.75 Å². The molecule has 2 heteroatoms. The number of ether oxygens (including phenoxy) is 1. The van der Waals surface area contributed by atoms with E-state index in [2.05, 4.69) is 6.92 Å². The van der Waals surface area contributed by atoms with Crippen molar-refractivity contribution >= 4 is 5.69 Å². The molecule has 1 fully saturated rings. The van der Waals surface area contributed by atoms with Crippen molar-refractivity contribution in [3.05, 3.63) is 24.3 Å². The zero-order valence-corrected chi connectivity index (χ0v) is 8.57. The molecule has 0 spiro atoms. The van der Waals surface area contributed by atoms with Crippen LogP contribution in [0.2, 0.25) is 0 Å². The number of nitrogen functional groups attached to an aromatic ring is 1. The topological polar surface area (TPSA) is 35.2 Å². The molecule has 1 aromatic carbocycles. The van der Waals surface area contributed by atoms with Crippen molar-refractivity contribution in [2.75, 3.05) is 12.3 Å². The van der Waals surface area contributed by atoms with Crippen LogP contribution in [-0.4, -0.2) is 6.61 Å². The highest BCUT2D eigenvalue weighted by Crippen LogP contribution is 2.34. The predicted octanol–water partition coefficient (Wildman–Crippen LogP) is 2.69. The highest BCUT2D eigenvalue weighted by molar-refractivity contribution is 5.51. The molecule has 1 aliphatic carbocycles. The van der Waals surface area contributed by atoms with E-state index in [1.54, 1.807) is 0 Å². The van der Waals surface area contributed by atoms with E-state index in [-0.39, 0.29) is 0 Å². The van der Waals surface area contributed by atoms with Crippen LogP contribution < -0.4 is 10.5 Å². The standard InChI is InChI=1S/C12H17NO/c1-9-6-7-10(9)8-14-12-5-3-2-4-11(12)13/h2-5,9-10H,6-8,13H2,1H3/t9-,10+/m1/s1. The Morgan fingerprint density at radius 3 is 2.71 bits per heavy atom. The molecule has 0 amide bonds. The minimum Gasteiger partial charge on any atom is -0.491 e. The number of anilines is 1. The fraction of sp³-hybridized carbons (Fsp3) is 0.500. The molecule has 2 atom stereocenters. The molecule has 14 heavy (non-hydrogen) atoms. The summed E-state index contributed by atoms with van der Waals surface area (Å²) in [6.45, 7) is 3.10. The van der Waals surface area contributed by atoms with Crippen molar-refractivity contribution < 1.29 is 4.74 Å². The SMILES string of the molecule is C[C@@H]1CC[C@H]1COc1ccccc1N. The molecule has 1 saturated carbocycles. The van der Waals surface area contributed by atoms with Crippen LogP contribution in [-0.2, 0) is 0 Å². The molecule has 0 aromatic heterocycles. The van der Waals surface area contributed by atoms with Gasteiger partial charge in [0.05, 0.1) is 12.3 Å². The van der Waals surface area contributed by atoms with Gasteiger partial charge in [-0.1, -0.05) is 19.1 Å². The normalized spacial score (nSPS) is 25.5. The van der Waals surface area contributed by atoms with E-state index in [0.717, 1.165) is 29.9 Å². The Morgan fingerprint density at radius 2 is 2.14 bits per heavy atom. The molecule has 76 valence electrons.